The molecule has 1 aromatic rings. The van der Waals surface area contributed by atoms with E-state index >= 15 is 0 Å². The van der Waals surface area contributed by atoms with Crippen LogP contribution in [0, 0.1) is 13.8 Å². The largest absolute Gasteiger partial charge is 0.330 e. The maximum absolute atomic E-state index is 5.48. The summed E-state index contributed by atoms with van der Waals surface area (Å²) in [6.07, 6.45) is 3.46. The summed E-state index contributed by atoms with van der Waals surface area (Å²) in [5, 5.41) is 0. The minimum absolute atomic E-state index is 0.800. The van der Waals surface area contributed by atoms with Crippen LogP contribution in [-0.2, 0) is 6.42 Å². The van der Waals surface area contributed by atoms with Gasteiger partial charge in [0.2, 0.25) is 0 Å². The molecule has 0 aromatic heterocycles. The Labute approximate surface area is 94.8 Å². The van der Waals surface area contributed by atoms with Gasteiger partial charge in [-0.05, 0) is 62.4 Å². The van der Waals surface area contributed by atoms with Crippen LogP contribution in [0.1, 0.15) is 29.5 Å². The van der Waals surface area contributed by atoms with E-state index in [-0.39, 0.29) is 0 Å². The molecule has 0 bridgehead atoms. The molecule has 0 aliphatic heterocycles. The second kappa shape index (κ2) is 5.52. The Morgan fingerprint density at radius 3 is 2.50 bits per heavy atom. The SMILES string of the molecule is Cc1cc(CCCCN)c(C)cc1Br. The molecule has 0 amide bonds. The second-order valence-corrected chi connectivity index (χ2v) is 4.63. The quantitative estimate of drug-likeness (QED) is 0.821. The Morgan fingerprint density at radius 2 is 1.86 bits per heavy atom. The standard InChI is InChI=1S/C12H18BrN/c1-9-8-12(13)10(2)7-11(9)5-3-4-6-14/h7-8H,3-6,14H2,1-2H3. The van der Waals surface area contributed by atoms with E-state index in [1.807, 2.05) is 0 Å². The highest BCUT2D eigenvalue weighted by molar-refractivity contribution is 9.10. The average Bonchev–Trinajstić information content (AvgIpc) is 2.14. The third-order valence-electron chi connectivity index (χ3n) is 2.52. The van der Waals surface area contributed by atoms with Crippen LogP contribution in [-0.4, -0.2) is 6.54 Å². The van der Waals surface area contributed by atoms with Gasteiger partial charge in [0, 0.05) is 4.47 Å². The molecule has 0 atom stereocenters. The molecule has 0 unspecified atom stereocenters. The third kappa shape index (κ3) is 3.10. The zero-order valence-electron chi connectivity index (χ0n) is 8.94. The second-order valence-electron chi connectivity index (χ2n) is 3.77. The van der Waals surface area contributed by atoms with E-state index in [0.717, 1.165) is 19.4 Å². The topological polar surface area (TPSA) is 26.0 Å². The van der Waals surface area contributed by atoms with E-state index in [4.69, 9.17) is 5.73 Å². The van der Waals surface area contributed by atoms with Crippen LogP contribution >= 0.6 is 15.9 Å². The van der Waals surface area contributed by atoms with Crippen molar-refractivity contribution in [1.29, 1.82) is 0 Å². The lowest BCUT2D eigenvalue weighted by Crippen LogP contribution is -2.00. The van der Waals surface area contributed by atoms with Gasteiger partial charge in [-0.3, -0.25) is 0 Å². The molecule has 0 aliphatic rings. The number of halogens is 1. The summed E-state index contributed by atoms with van der Waals surface area (Å²) in [5.41, 5.74) is 9.63. The molecule has 0 spiro atoms. The molecule has 1 aromatic carbocycles. The normalized spacial score (nSPS) is 10.6. The number of hydrogen-bond acceptors (Lipinski definition) is 1. The first kappa shape index (κ1) is 11.7. The van der Waals surface area contributed by atoms with Crippen molar-refractivity contribution in [3.63, 3.8) is 0 Å². The first-order valence-corrected chi connectivity index (χ1v) is 5.90. The molecule has 14 heavy (non-hydrogen) atoms. The van der Waals surface area contributed by atoms with Crippen LogP contribution in [0.4, 0.5) is 0 Å². The highest BCUT2D eigenvalue weighted by atomic mass is 79.9. The summed E-state index contributed by atoms with van der Waals surface area (Å²) < 4.78 is 1.21. The first-order valence-electron chi connectivity index (χ1n) is 5.11. The van der Waals surface area contributed by atoms with Gasteiger partial charge in [0.1, 0.15) is 0 Å². The van der Waals surface area contributed by atoms with Crippen molar-refractivity contribution in [1.82, 2.24) is 0 Å². The summed E-state index contributed by atoms with van der Waals surface area (Å²) >= 11 is 3.54. The van der Waals surface area contributed by atoms with Crippen molar-refractivity contribution in [2.75, 3.05) is 6.54 Å². The molecule has 0 fully saturated rings. The van der Waals surface area contributed by atoms with Gasteiger partial charge in [-0.2, -0.15) is 0 Å². The van der Waals surface area contributed by atoms with Crippen molar-refractivity contribution in [3.05, 3.63) is 33.3 Å². The van der Waals surface area contributed by atoms with Crippen LogP contribution in [0.15, 0.2) is 16.6 Å². The van der Waals surface area contributed by atoms with Gasteiger partial charge < -0.3 is 5.73 Å². The molecule has 0 heterocycles. The minimum Gasteiger partial charge on any atom is -0.330 e. The fourth-order valence-corrected chi connectivity index (χ4v) is 2.03. The van der Waals surface area contributed by atoms with E-state index in [1.165, 1.54) is 27.6 Å². The maximum Gasteiger partial charge on any atom is 0.0207 e. The third-order valence-corrected chi connectivity index (χ3v) is 3.37. The summed E-state index contributed by atoms with van der Waals surface area (Å²) in [4.78, 5) is 0. The molecule has 1 rings (SSSR count). The van der Waals surface area contributed by atoms with E-state index < -0.39 is 0 Å². The number of benzene rings is 1. The predicted octanol–water partition coefficient (Wildman–Crippen LogP) is 3.35. The number of hydrogen-bond donors (Lipinski definition) is 1. The zero-order valence-corrected chi connectivity index (χ0v) is 10.5. The molecule has 2 N–H and O–H groups in total. The van der Waals surface area contributed by atoms with Gasteiger partial charge in [0.05, 0.1) is 0 Å². The van der Waals surface area contributed by atoms with E-state index in [9.17, 15) is 0 Å². The Morgan fingerprint density at radius 1 is 1.14 bits per heavy atom. The lowest BCUT2D eigenvalue weighted by atomic mass is 10.0. The van der Waals surface area contributed by atoms with Gasteiger partial charge in [-0.25, -0.2) is 0 Å². The molecule has 1 nitrogen and oxygen atoms in total. The molecule has 0 saturated heterocycles. The first-order chi connectivity index (χ1) is 6.65. The van der Waals surface area contributed by atoms with E-state index in [0.29, 0.717) is 0 Å². The number of aryl methyl sites for hydroxylation is 3. The number of nitrogens with two attached hydrogens (primary N) is 1. The fraction of sp³-hybridized carbons (Fsp3) is 0.500. The van der Waals surface area contributed by atoms with Crippen molar-refractivity contribution in [3.8, 4) is 0 Å². The van der Waals surface area contributed by atoms with E-state index in [2.05, 4.69) is 41.9 Å². The van der Waals surface area contributed by atoms with Gasteiger partial charge >= 0.3 is 0 Å². The predicted molar refractivity (Wildman–Crippen MR) is 65.6 cm³/mol. The lowest BCUT2D eigenvalue weighted by Gasteiger charge is -2.08. The van der Waals surface area contributed by atoms with Crippen LogP contribution < -0.4 is 5.73 Å². The number of unbranched alkanes of at least 4 members (excludes halogenated alkanes) is 1. The Hall–Kier alpha value is -0.340. The highest BCUT2D eigenvalue weighted by Crippen LogP contribution is 2.22. The minimum atomic E-state index is 0.800. The summed E-state index contributed by atoms with van der Waals surface area (Å²) in [7, 11) is 0. The van der Waals surface area contributed by atoms with Crippen LogP contribution in [0.25, 0.3) is 0 Å². The smallest absolute Gasteiger partial charge is 0.0207 e. The fourth-order valence-electron chi connectivity index (χ4n) is 1.57. The molecule has 0 radical (unpaired) electrons. The van der Waals surface area contributed by atoms with Crippen molar-refractivity contribution >= 4 is 15.9 Å². The van der Waals surface area contributed by atoms with Crippen LogP contribution in [0.5, 0.6) is 0 Å². The summed E-state index contributed by atoms with van der Waals surface area (Å²) in [6, 6.07) is 4.48. The Bertz CT molecular complexity index is 307. The summed E-state index contributed by atoms with van der Waals surface area (Å²) in [6.45, 7) is 5.10. The summed E-state index contributed by atoms with van der Waals surface area (Å²) in [5.74, 6) is 0. The van der Waals surface area contributed by atoms with Crippen molar-refractivity contribution in [2.24, 2.45) is 5.73 Å². The van der Waals surface area contributed by atoms with E-state index in [1.54, 1.807) is 0 Å². The van der Waals surface area contributed by atoms with Crippen LogP contribution in [0.2, 0.25) is 0 Å². The van der Waals surface area contributed by atoms with Gasteiger partial charge in [-0.1, -0.05) is 22.0 Å². The van der Waals surface area contributed by atoms with Gasteiger partial charge in [0.15, 0.2) is 0 Å². The maximum atomic E-state index is 5.48. The van der Waals surface area contributed by atoms with Crippen molar-refractivity contribution in [2.45, 2.75) is 33.1 Å². The van der Waals surface area contributed by atoms with Crippen molar-refractivity contribution < 1.29 is 0 Å². The molecular weight excluding hydrogens is 238 g/mol. The Kier molecular flexibility index (Phi) is 4.63. The molecule has 0 saturated carbocycles. The Balaban J connectivity index is 2.72. The van der Waals surface area contributed by atoms with Gasteiger partial charge in [-0.15, -0.1) is 0 Å². The average molecular weight is 256 g/mol. The number of rotatable bonds is 4. The van der Waals surface area contributed by atoms with Crippen LogP contribution in [0.3, 0.4) is 0 Å². The lowest BCUT2D eigenvalue weighted by molar-refractivity contribution is 0.742. The molecule has 2 heteroatoms. The molecule has 0 aliphatic carbocycles. The van der Waals surface area contributed by atoms with Gasteiger partial charge in [0.25, 0.3) is 0 Å². The molecular formula is C12H18BrN. The monoisotopic (exact) mass is 255 g/mol. The molecule has 78 valence electrons. The highest BCUT2D eigenvalue weighted by Gasteiger charge is 2.02. The zero-order chi connectivity index (χ0) is 10.6.